The predicted octanol–water partition coefficient (Wildman–Crippen LogP) is 4.17. The minimum atomic E-state index is -4.73. The summed E-state index contributed by atoms with van der Waals surface area (Å²) in [4.78, 5) is 37.8. The highest BCUT2D eigenvalue weighted by Crippen LogP contribution is 2.44. The molecule has 2 aromatic carbocycles. The first-order chi connectivity index (χ1) is 16.5. The van der Waals surface area contributed by atoms with Gasteiger partial charge in [0.1, 0.15) is 12.6 Å². The van der Waals surface area contributed by atoms with E-state index in [0.717, 1.165) is 27.2 Å². The zero-order valence-electron chi connectivity index (χ0n) is 19.0. The molecule has 0 aromatic heterocycles. The number of amides is 2. The number of fused-ring (bicyclic) bond motifs is 3. The Hall–Kier alpha value is -3.56. The molecule has 1 fully saturated rings. The topological polar surface area (TPSA) is 95.9 Å². The lowest BCUT2D eigenvalue weighted by atomic mass is 9.90. The maximum atomic E-state index is 13.2. The molecular weight excluding hydrogens is 465 g/mol. The number of alkyl halides is 3. The number of carbonyl (C=O) groups is 3. The normalized spacial score (nSPS) is 20.2. The number of likely N-dealkylation sites (tertiary alicyclic amines) is 1. The van der Waals surface area contributed by atoms with Gasteiger partial charge in [-0.05, 0) is 35.6 Å². The van der Waals surface area contributed by atoms with Crippen LogP contribution in [0.3, 0.4) is 0 Å². The van der Waals surface area contributed by atoms with E-state index in [1.54, 1.807) is 0 Å². The van der Waals surface area contributed by atoms with E-state index in [9.17, 15) is 32.7 Å². The number of alkyl carbamates (subject to hydrolysis) is 1. The van der Waals surface area contributed by atoms with Gasteiger partial charge >= 0.3 is 18.2 Å². The van der Waals surface area contributed by atoms with E-state index in [1.165, 1.54) is 6.92 Å². The summed E-state index contributed by atoms with van der Waals surface area (Å²) in [5.41, 5.74) is 2.63. The van der Waals surface area contributed by atoms with Crippen molar-refractivity contribution in [3.8, 4) is 11.1 Å². The minimum absolute atomic E-state index is 0.0115. The third-order valence-corrected chi connectivity index (χ3v) is 6.67. The number of benzene rings is 2. The lowest BCUT2D eigenvalue weighted by molar-refractivity contribution is -0.154. The maximum Gasteiger partial charge on any atom is 0.407 e. The first-order valence-corrected chi connectivity index (χ1v) is 11.2. The van der Waals surface area contributed by atoms with Crippen molar-refractivity contribution in [3.05, 3.63) is 59.7 Å². The number of nitrogens with zero attached hydrogens (tertiary/aromatic N) is 1. The van der Waals surface area contributed by atoms with E-state index >= 15 is 0 Å². The molecule has 35 heavy (non-hydrogen) atoms. The van der Waals surface area contributed by atoms with Crippen LogP contribution < -0.4 is 5.32 Å². The minimum Gasteiger partial charge on any atom is -0.481 e. The molecule has 2 atom stereocenters. The van der Waals surface area contributed by atoms with Crippen LogP contribution in [-0.4, -0.2) is 59.9 Å². The summed E-state index contributed by atoms with van der Waals surface area (Å²) in [5.74, 6) is -2.41. The second-order valence-corrected chi connectivity index (χ2v) is 9.22. The van der Waals surface area contributed by atoms with Crippen LogP contribution in [-0.2, 0) is 14.3 Å². The Bertz CT molecular complexity index is 1110. The molecule has 1 aliphatic carbocycles. The Morgan fingerprint density at radius 3 is 2.20 bits per heavy atom. The smallest absolute Gasteiger partial charge is 0.407 e. The fourth-order valence-corrected chi connectivity index (χ4v) is 4.76. The summed E-state index contributed by atoms with van der Waals surface area (Å²) in [7, 11) is 0. The molecule has 2 amide bonds. The van der Waals surface area contributed by atoms with Crippen molar-refractivity contribution in [1.82, 2.24) is 10.2 Å². The number of carboxylic acids is 1. The molecule has 0 spiro atoms. The molecule has 0 bridgehead atoms. The van der Waals surface area contributed by atoms with Gasteiger partial charge in [-0.3, -0.25) is 9.59 Å². The van der Waals surface area contributed by atoms with E-state index in [-0.39, 0.29) is 32.0 Å². The highest BCUT2D eigenvalue weighted by atomic mass is 19.4. The fraction of sp³-hybridized carbons (Fsp3) is 0.400. The molecule has 2 aliphatic rings. The van der Waals surface area contributed by atoms with Crippen molar-refractivity contribution in [2.24, 2.45) is 5.41 Å². The van der Waals surface area contributed by atoms with E-state index in [4.69, 9.17) is 4.74 Å². The summed E-state index contributed by atoms with van der Waals surface area (Å²) in [6.45, 7) is 1.07. The van der Waals surface area contributed by atoms with Crippen LogP contribution in [0.25, 0.3) is 11.1 Å². The summed E-state index contributed by atoms with van der Waals surface area (Å²) in [6, 6.07) is 13.3. The molecule has 1 aliphatic heterocycles. The Morgan fingerprint density at radius 2 is 1.69 bits per heavy atom. The molecule has 1 saturated heterocycles. The van der Waals surface area contributed by atoms with Gasteiger partial charge in [0.15, 0.2) is 0 Å². The summed E-state index contributed by atoms with van der Waals surface area (Å²) in [5, 5.41) is 11.4. The SMILES string of the molecule is CC1(C(=O)O)CCN(C(=O)C(CC(F)(F)F)NC(=O)OCC2c3ccccc3-c3ccccc32)C1. The van der Waals surface area contributed by atoms with Crippen molar-refractivity contribution in [3.63, 3.8) is 0 Å². The molecule has 186 valence electrons. The van der Waals surface area contributed by atoms with E-state index in [2.05, 4.69) is 5.32 Å². The average Bonchev–Trinajstić information content (AvgIpc) is 3.35. The van der Waals surface area contributed by atoms with Crippen molar-refractivity contribution in [1.29, 1.82) is 0 Å². The molecule has 2 N–H and O–H groups in total. The van der Waals surface area contributed by atoms with E-state index < -0.39 is 42.0 Å². The lowest BCUT2D eigenvalue weighted by Gasteiger charge is -2.26. The maximum absolute atomic E-state index is 13.2. The summed E-state index contributed by atoms with van der Waals surface area (Å²) < 4.78 is 44.9. The second-order valence-electron chi connectivity index (χ2n) is 9.22. The molecule has 10 heteroatoms. The number of hydrogen-bond acceptors (Lipinski definition) is 4. The quantitative estimate of drug-likeness (QED) is 0.634. The van der Waals surface area contributed by atoms with Crippen LogP contribution in [0.1, 0.15) is 36.8 Å². The molecule has 4 rings (SSSR count). The third kappa shape index (κ3) is 5.11. The van der Waals surface area contributed by atoms with Crippen molar-refractivity contribution < 1.29 is 37.4 Å². The molecule has 1 heterocycles. The molecule has 0 saturated carbocycles. The van der Waals surface area contributed by atoms with Gasteiger partial charge < -0.3 is 20.1 Å². The predicted molar refractivity (Wildman–Crippen MR) is 120 cm³/mol. The monoisotopic (exact) mass is 490 g/mol. The highest BCUT2D eigenvalue weighted by Gasteiger charge is 2.45. The number of hydrogen-bond donors (Lipinski definition) is 2. The van der Waals surface area contributed by atoms with Crippen LogP contribution in [0, 0.1) is 5.41 Å². The second kappa shape index (κ2) is 9.24. The van der Waals surface area contributed by atoms with Crippen molar-refractivity contribution in [2.45, 2.75) is 37.9 Å². The number of carbonyl (C=O) groups excluding carboxylic acids is 2. The van der Waals surface area contributed by atoms with Crippen molar-refractivity contribution >= 4 is 18.0 Å². The first kappa shape index (κ1) is 24.6. The summed E-state index contributed by atoms with van der Waals surface area (Å²) in [6.07, 6.45) is -7.35. The van der Waals surface area contributed by atoms with Gasteiger partial charge in [0.2, 0.25) is 5.91 Å². The van der Waals surface area contributed by atoms with Crippen LogP contribution in [0.2, 0.25) is 0 Å². The molecule has 7 nitrogen and oxygen atoms in total. The van der Waals surface area contributed by atoms with Gasteiger partial charge in [0.25, 0.3) is 0 Å². The number of rotatable bonds is 6. The van der Waals surface area contributed by atoms with Gasteiger partial charge in [0, 0.05) is 19.0 Å². The summed E-state index contributed by atoms with van der Waals surface area (Å²) >= 11 is 0. The van der Waals surface area contributed by atoms with Gasteiger partial charge in [-0.1, -0.05) is 48.5 Å². The number of ether oxygens (including phenoxy) is 1. The zero-order chi connectivity index (χ0) is 25.4. The Labute approximate surface area is 199 Å². The molecule has 2 unspecified atom stereocenters. The largest absolute Gasteiger partial charge is 0.481 e. The third-order valence-electron chi connectivity index (χ3n) is 6.67. The Kier molecular flexibility index (Phi) is 6.48. The molecule has 0 radical (unpaired) electrons. The van der Waals surface area contributed by atoms with Gasteiger partial charge in [-0.2, -0.15) is 13.2 Å². The van der Waals surface area contributed by atoms with Crippen LogP contribution in [0.4, 0.5) is 18.0 Å². The molecule has 2 aromatic rings. The highest BCUT2D eigenvalue weighted by molar-refractivity contribution is 5.87. The standard InChI is InChI=1S/C25H25F3N2O5/c1-24(22(32)33)10-11-30(14-24)21(31)20(12-25(26,27)28)29-23(34)35-13-19-17-8-4-2-6-15(17)16-7-3-5-9-18(16)19/h2-9,19-20H,10-14H2,1H3,(H,29,34)(H,32,33). The average molecular weight is 490 g/mol. The van der Waals surface area contributed by atoms with E-state index in [1.807, 2.05) is 48.5 Å². The number of aliphatic carboxylic acids is 1. The Morgan fingerprint density at radius 1 is 1.11 bits per heavy atom. The number of nitrogens with one attached hydrogen (secondary N) is 1. The van der Waals surface area contributed by atoms with E-state index in [0.29, 0.717) is 0 Å². The fourth-order valence-electron chi connectivity index (χ4n) is 4.76. The van der Waals surface area contributed by atoms with Gasteiger partial charge in [-0.15, -0.1) is 0 Å². The lowest BCUT2D eigenvalue weighted by Crippen LogP contribution is -2.50. The van der Waals surface area contributed by atoms with Crippen LogP contribution in [0.15, 0.2) is 48.5 Å². The number of carboxylic acid groups (broad SMARTS) is 1. The first-order valence-electron chi connectivity index (χ1n) is 11.2. The zero-order valence-corrected chi connectivity index (χ0v) is 19.0. The number of halogens is 3. The van der Waals surface area contributed by atoms with Crippen molar-refractivity contribution in [2.75, 3.05) is 19.7 Å². The Balaban J connectivity index is 1.45. The van der Waals surface area contributed by atoms with Crippen LogP contribution >= 0.6 is 0 Å². The molecular formula is C25H25F3N2O5. The van der Waals surface area contributed by atoms with Gasteiger partial charge in [-0.25, -0.2) is 4.79 Å². The van der Waals surface area contributed by atoms with Gasteiger partial charge in [0.05, 0.1) is 11.8 Å². The van der Waals surface area contributed by atoms with Crippen LogP contribution in [0.5, 0.6) is 0 Å².